The summed E-state index contributed by atoms with van der Waals surface area (Å²) in [5, 5.41) is 8.20. The lowest BCUT2D eigenvalue weighted by molar-refractivity contribution is 1.21. The van der Waals surface area contributed by atoms with Crippen molar-refractivity contribution in [3.8, 4) is 11.1 Å². The second-order valence-corrected chi connectivity index (χ2v) is 6.98. The van der Waals surface area contributed by atoms with Crippen molar-refractivity contribution in [1.29, 1.82) is 0 Å². The number of rotatable bonds is 0. The maximum absolute atomic E-state index is 2.39. The molecule has 5 aromatic carbocycles. The Labute approximate surface area is 146 Å². The van der Waals surface area contributed by atoms with Crippen LogP contribution in [-0.2, 0) is 6.42 Å². The largest absolute Gasteiger partial charge is 0.0616 e. The van der Waals surface area contributed by atoms with Crippen molar-refractivity contribution in [3.05, 3.63) is 96.1 Å². The molecule has 0 unspecified atom stereocenters. The maximum atomic E-state index is 2.39. The van der Waals surface area contributed by atoms with Gasteiger partial charge in [0, 0.05) is 0 Å². The van der Waals surface area contributed by atoms with Gasteiger partial charge in [-0.05, 0) is 61.0 Å². The summed E-state index contributed by atoms with van der Waals surface area (Å²) in [6.07, 6.45) is 1.01. The summed E-state index contributed by atoms with van der Waals surface area (Å²) in [6.45, 7) is 0. The molecule has 0 heteroatoms. The van der Waals surface area contributed by atoms with E-state index in [1.165, 1.54) is 54.6 Å². The third kappa shape index (κ3) is 1.71. The predicted octanol–water partition coefficient (Wildman–Crippen LogP) is 6.72. The predicted molar refractivity (Wildman–Crippen MR) is 107 cm³/mol. The van der Waals surface area contributed by atoms with E-state index in [0.717, 1.165) is 6.42 Å². The van der Waals surface area contributed by atoms with Crippen LogP contribution in [0.3, 0.4) is 0 Å². The van der Waals surface area contributed by atoms with Crippen molar-refractivity contribution in [3.63, 3.8) is 0 Å². The van der Waals surface area contributed by atoms with Crippen molar-refractivity contribution in [1.82, 2.24) is 0 Å². The zero-order valence-corrected chi connectivity index (χ0v) is 13.8. The molecule has 0 bridgehead atoms. The molecule has 0 saturated carbocycles. The molecule has 0 heterocycles. The quantitative estimate of drug-likeness (QED) is 0.273. The van der Waals surface area contributed by atoms with E-state index < -0.39 is 0 Å². The van der Waals surface area contributed by atoms with E-state index in [1.54, 1.807) is 0 Å². The zero-order chi connectivity index (χ0) is 16.4. The fourth-order valence-corrected chi connectivity index (χ4v) is 4.59. The van der Waals surface area contributed by atoms with Crippen molar-refractivity contribution in [2.45, 2.75) is 6.42 Å². The van der Waals surface area contributed by atoms with E-state index >= 15 is 0 Å². The minimum absolute atomic E-state index is 1.01. The minimum Gasteiger partial charge on any atom is -0.0616 e. The second kappa shape index (κ2) is 4.70. The van der Waals surface area contributed by atoms with E-state index in [1.807, 2.05) is 0 Å². The lowest BCUT2D eigenvalue weighted by atomic mass is 9.80. The van der Waals surface area contributed by atoms with Crippen LogP contribution in [0.15, 0.2) is 84.9 Å². The van der Waals surface area contributed by atoms with Crippen molar-refractivity contribution >= 4 is 32.3 Å². The molecule has 6 rings (SSSR count). The summed E-state index contributed by atoms with van der Waals surface area (Å²) >= 11 is 0. The first-order chi connectivity index (χ1) is 12.4. The summed E-state index contributed by atoms with van der Waals surface area (Å²) < 4.78 is 0. The van der Waals surface area contributed by atoms with Crippen molar-refractivity contribution in [2.24, 2.45) is 0 Å². The molecule has 1 aliphatic rings. The molecule has 0 fully saturated rings. The molecule has 0 radical (unpaired) electrons. The Hall–Kier alpha value is -3.12. The number of hydrogen-bond donors (Lipinski definition) is 0. The van der Waals surface area contributed by atoms with Gasteiger partial charge in [0.25, 0.3) is 0 Å². The van der Waals surface area contributed by atoms with Crippen LogP contribution < -0.4 is 0 Å². The minimum atomic E-state index is 1.01. The van der Waals surface area contributed by atoms with Crippen LogP contribution in [0.1, 0.15) is 11.1 Å². The Bertz CT molecular complexity index is 1310. The van der Waals surface area contributed by atoms with Gasteiger partial charge in [-0.1, -0.05) is 84.9 Å². The second-order valence-electron chi connectivity index (χ2n) is 6.98. The smallest absolute Gasteiger partial charge is 0.00128 e. The molecule has 0 amide bonds. The molecule has 0 aliphatic heterocycles. The van der Waals surface area contributed by atoms with E-state index in [4.69, 9.17) is 0 Å². The van der Waals surface area contributed by atoms with Crippen LogP contribution in [0.4, 0.5) is 0 Å². The fraction of sp³-hybridized carbons (Fsp3) is 0.0400. The van der Waals surface area contributed by atoms with E-state index in [9.17, 15) is 0 Å². The van der Waals surface area contributed by atoms with Crippen molar-refractivity contribution < 1.29 is 0 Å². The van der Waals surface area contributed by atoms with Gasteiger partial charge in [0.05, 0.1) is 0 Å². The third-order valence-corrected chi connectivity index (χ3v) is 5.63. The molecule has 116 valence electrons. The molecular formula is C25H16. The topological polar surface area (TPSA) is 0 Å². The molecule has 0 saturated heterocycles. The summed E-state index contributed by atoms with van der Waals surface area (Å²) in [4.78, 5) is 0. The van der Waals surface area contributed by atoms with Gasteiger partial charge in [-0.15, -0.1) is 0 Å². The molecule has 0 aromatic heterocycles. The third-order valence-electron chi connectivity index (χ3n) is 5.63. The van der Waals surface area contributed by atoms with Gasteiger partial charge >= 0.3 is 0 Å². The highest BCUT2D eigenvalue weighted by atomic mass is 14.2. The summed E-state index contributed by atoms with van der Waals surface area (Å²) in [6, 6.07) is 31.3. The lowest BCUT2D eigenvalue weighted by Crippen LogP contribution is -2.02. The Morgan fingerprint density at radius 3 is 2.20 bits per heavy atom. The van der Waals surface area contributed by atoms with Crippen LogP contribution >= 0.6 is 0 Å². The molecule has 0 atom stereocenters. The monoisotopic (exact) mass is 316 g/mol. The first-order valence-electron chi connectivity index (χ1n) is 8.84. The zero-order valence-electron chi connectivity index (χ0n) is 13.8. The average Bonchev–Trinajstić information content (AvgIpc) is 2.68. The van der Waals surface area contributed by atoms with Crippen LogP contribution in [0.5, 0.6) is 0 Å². The first-order valence-corrected chi connectivity index (χ1v) is 8.84. The number of benzene rings is 5. The molecule has 0 nitrogen and oxygen atoms in total. The number of hydrogen-bond acceptors (Lipinski definition) is 0. The van der Waals surface area contributed by atoms with Crippen LogP contribution in [0.25, 0.3) is 43.4 Å². The first kappa shape index (κ1) is 13.2. The standard InChI is InChI=1S/C25H16/c1-4-9-21-16(6-1)12-13-18-15-19-14-17-7-2-3-8-20(17)22-10-5-11-23(24(18)21)25(19)22/h1-14H,15H2. The Morgan fingerprint density at radius 1 is 0.520 bits per heavy atom. The van der Waals surface area contributed by atoms with Gasteiger partial charge < -0.3 is 0 Å². The SMILES string of the molecule is c1ccc2c3c(ccc2c1)Cc1cc2ccccc2c2cccc-3c12. The summed E-state index contributed by atoms with van der Waals surface area (Å²) in [7, 11) is 0. The summed E-state index contributed by atoms with van der Waals surface area (Å²) in [5.41, 5.74) is 5.70. The van der Waals surface area contributed by atoms with E-state index in [2.05, 4.69) is 84.9 Å². The van der Waals surface area contributed by atoms with E-state index in [-0.39, 0.29) is 0 Å². The Kier molecular flexibility index (Phi) is 2.48. The van der Waals surface area contributed by atoms with Gasteiger partial charge in [0.2, 0.25) is 0 Å². The molecule has 0 spiro atoms. The number of fused-ring (bicyclic) bond motifs is 6. The van der Waals surface area contributed by atoms with Gasteiger partial charge in [-0.3, -0.25) is 0 Å². The molecular weight excluding hydrogens is 300 g/mol. The summed E-state index contributed by atoms with van der Waals surface area (Å²) in [5.74, 6) is 0. The van der Waals surface area contributed by atoms with Crippen molar-refractivity contribution in [2.75, 3.05) is 0 Å². The van der Waals surface area contributed by atoms with Gasteiger partial charge in [-0.2, -0.15) is 0 Å². The fourth-order valence-electron chi connectivity index (χ4n) is 4.59. The highest BCUT2D eigenvalue weighted by Gasteiger charge is 2.21. The Balaban J connectivity index is 1.85. The molecule has 25 heavy (non-hydrogen) atoms. The molecule has 5 aromatic rings. The Morgan fingerprint density at radius 2 is 1.28 bits per heavy atom. The van der Waals surface area contributed by atoms with E-state index in [0.29, 0.717) is 0 Å². The molecule has 1 aliphatic carbocycles. The van der Waals surface area contributed by atoms with Gasteiger partial charge in [0.1, 0.15) is 0 Å². The highest BCUT2D eigenvalue weighted by Crippen LogP contribution is 2.44. The average molecular weight is 316 g/mol. The van der Waals surface area contributed by atoms with Gasteiger partial charge in [0.15, 0.2) is 0 Å². The van der Waals surface area contributed by atoms with Gasteiger partial charge in [-0.25, -0.2) is 0 Å². The normalized spacial score (nSPS) is 12.6. The highest BCUT2D eigenvalue weighted by molar-refractivity contribution is 6.17. The van der Waals surface area contributed by atoms with Crippen LogP contribution in [-0.4, -0.2) is 0 Å². The molecule has 0 N–H and O–H groups in total. The lowest BCUT2D eigenvalue weighted by Gasteiger charge is -2.23. The van der Waals surface area contributed by atoms with Crippen LogP contribution in [0.2, 0.25) is 0 Å². The maximum Gasteiger partial charge on any atom is -0.00128 e. The van der Waals surface area contributed by atoms with Crippen LogP contribution in [0, 0.1) is 0 Å².